The maximum Gasteiger partial charge on any atom is 0.124 e. The van der Waals surface area contributed by atoms with Gasteiger partial charge in [0.2, 0.25) is 0 Å². The molecule has 1 aromatic rings. The summed E-state index contributed by atoms with van der Waals surface area (Å²) in [5.74, 6) is 0.463. The Morgan fingerprint density at radius 2 is 2.26 bits per heavy atom. The molecule has 3 nitrogen and oxygen atoms in total. The lowest BCUT2D eigenvalue weighted by Gasteiger charge is -2.16. The molecule has 1 saturated carbocycles. The summed E-state index contributed by atoms with van der Waals surface area (Å²) in [5.41, 5.74) is 0.869. The van der Waals surface area contributed by atoms with Crippen molar-refractivity contribution < 1.29 is 9.13 Å². The SMILES string of the molecule is CCNCc1cc(F)ccc1OCC1(CC#N)CC1. The normalized spacial score (nSPS) is 15.8. The lowest BCUT2D eigenvalue weighted by Crippen LogP contribution is -2.16. The first-order chi connectivity index (χ1) is 9.19. The summed E-state index contributed by atoms with van der Waals surface area (Å²) in [7, 11) is 0. The third-order valence-electron chi connectivity index (χ3n) is 3.53. The fraction of sp³-hybridized carbons (Fsp3) is 0.533. The molecular formula is C15H19FN2O. The molecule has 1 N–H and O–H groups in total. The maximum atomic E-state index is 13.3. The van der Waals surface area contributed by atoms with E-state index in [0.717, 1.165) is 24.9 Å². The standard InChI is InChI=1S/C15H19FN2O/c1-2-18-10-12-9-13(16)3-4-14(12)19-11-15(5-6-15)7-8-17/h3-4,9,18H,2,5-7,10-11H2,1H3. The number of halogens is 1. The highest BCUT2D eigenvalue weighted by molar-refractivity contribution is 5.34. The van der Waals surface area contributed by atoms with Crippen LogP contribution in [0.3, 0.4) is 0 Å². The highest BCUT2D eigenvalue weighted by atomic mass is 19.1. The monoisotopic (exact) mass is 262 g/mol. The molecule has 2 rings (SSSR count). The minimum Gasteiger partial charge on any atom is -0.493 e. The van der Waals surface area contributed by atoms with Crippen LogP contribution in [0.1, 0.15) is 31.7 Å². The smallest absolute Gasteiger partial charge is 0.124 e. The van der Waals surface area contributed by atoms with Gasteiger partial charge in [-0.2, -0.15) is 5.26 Å². The van der Waals surface area contributed by atoms with Crippen molar-refractivity contribution in [1.82, 2.24) is 5.32 Å². The van der Waals surface area contributed by atoms with E-state index in [2.05, 4.69) is 11.4 Å². The van der Waals surface area contributed by atoms with Gasteiger partial charge >= 0.3 is 0 Å². The number of nitriles is 1. The predicted octanol–water partition coefficient (Wildman–Crippen LogP) is 3.01. The van der Waals surface area contributed by atoms with Crippen LogP contribution >= 0.6 is 0 Å². The molecule has 1 aliphatic rings. The van der Waals surface area contributed by atoms with E-state index >= 15 is 0 Å². The zero-order valence-electron chi connectivity index (χ0n) is 11.2. The van der Waals surface area contributed by atoms with E-state index in [9.17, 15) is 4.39 Å². The molecule has 0 saturated heterocycles. The van der Waals surface area contributed by atoms with Crippen molar-refractivity contribution in [3.8, 4) is 11.8 Å². The molecule has 0 unspecified atom stereocenters. The zero-order chi connectivity index (χ0) is 13.7. The molecule has 102 valence electrons. The molecule has 0 radical (unpaired) electrons. The summed E-state index contributed by atoms with van der Waals surface area (Å²) in [6.45, 7) is 3.97. The minimum atomic E-state index is -0.251. The van der Waals surface area contributed by atoms with E-state index in [-0.39, 0.29) is 11.2 Å². The van der Waals surface area contributed by atoms with Gasteiger partial charge < -0.3 is 10.1 Å². The number of benzene rings is 1. The Morgan fingerprint density at radius 1 is 1.47 bits per heavy atom. The van der Waals surface area contributed by atoms with Gasteiger partial charge in [0.1, 0.15) is 11.6 Å². The first-order valence-electron chi connectivity index (χ1n) is 6.68. The third-order valence-corrected chi connectivity index (χ3v) is 3.53. The first-order valence-corrected chi connectivity index (χ1v) is 6.68. The fourth-order valence-corrected chi connectivity index (χ4v) is 2.03. The lowest BCUT2D eigenvalue weighted by atomic mass is 10.1. The first kappa shape index (κ1) is 13.8. The van der Waals surface area contributed by atoms with Gasteiger partial charge in [0.05, 0.1) is 12.7 Å². The minimum absolute atomic E-state index is 0.0403. The van der Waals surface area contributed by atoms with Crippen molar-refractivity contribution in [3.63, 3.8) is 0 Å². The van der Waals surface area contributed by atoms with Crippen LogP contribution < -0.4 is 10.1 Å². The second kappa shape index (κ2) is 6.03. The summed E-state index contributed by atoms with van der Waals surface area (Å²) >= 11 is 0. The summed E-state index contributed by atoms with van der Waals surface area (Å²) < 4.78 is 19.1. The number of ether oxygens (including phenoxy) is 1. The number of nitrogens with one attached hydrogen (secondary N) is 1. The van der Waals surface area contributed by atoms with Gasteiger partial charge in [-0.05, 0) is 37.6 Å². The van der Waals surface area contributed by atoms with E-state index in [1.807, 2.05) is 6.92 Å². The zero-order valence-corrected chi connectivity index (χ0v) is 11.2. The van der Waals surface area contributed by atoms with Crippen LogP contribution in [0.2, 0.25) is 0 Å². The number of hydrogen-bond donors (Lipinski definition) is 1. The van der Waals surface area contributed by atoms with Crippen molar-refractivity contribution in [2.75, 3.05) is 13.2 Å². The van der Waals surface area contributed by atoms with Crippen LogP contribution in [0, 0.1) is 22.6 Å². The van der Waals surface area contributed by atoms with Crippen LogP contribution in [0.15, 0.2) is 18.2 Å². The topological polar surface area (TPSA) is 45.0 Å². The second-order valence-electron chi connectivity index (χ2n) is 5.16. The summed E-state index contributed by atoms with van der Waals surface area (Å²) in [6.07, 6.45) is 2.63. The van der Waals surface area contributed by atoms with Gasteiger partial charge in [0, 0.05) is 23.9 Å². The van der Waals surface area contributed by atoms with Gasteiger partial charge in [-0.15, -0.1) is 0 Å². The third kappa shape index (κ3) is 3.68. The molecule has 1 aliphatic carbocycles. The molecule has 0 bridgehead atoms. The van der Waals surface area contributed by atoms with Crippen LogP contribution in [0.4, 0.5) is 4.39 Å². The molecule has 0 aromatic heterocycles. The molecule has 0 amide bonds. The molecule has 0 heterocycles. The molecular weight excluding hydrogens is 243 g/mol. The Balaban J connectivity index is 2.01. The van der Waals surface area contributed by atoms with Gasteiger partial charge in [0.15, 0.2) is 0 Å². The largest absolute Gasteiger partial charge is 0.493 e. The van der Waals surface area contributed by atoms with Gasteiger partial charge in [0.25, 0.3) is 0 Å². The Hall–Kier alpha value is -1.60. The maximum absolute atomic E-state index is 13.3. The average molecular weight is 262 g/mol. The van der Waals surface area contributed by atoms with Crippen molar-refractivity contribution >= 4 is 0 Å². The molecule has 19 heavy (non-hydrogen) atoms. The molecule has 0 aliphatic heterocycles. The number of rotatable bonds is 7. The van der Waals surface area contributed by atoms with Crippen LogP contribution in [0.5, 0.6) is 5.75 Å². The summed E-state index contributed by atoms with van der Waals surface area (Å²) in [4.78, 5) is 0. The van der Waals surface area contributed by atoms with Crippen LogP contribution in [-0.2, 0) is 6.54 Å². The quantitative estimate of drug-likeness (QED) is 0.821. The van der Waals surface area contributed by atoms with E-state index < -0.39 is 0 Å². The van der Waals surface area contributed by atoms with Crippen molar-refractivity contribution in [3.05, 3.63) is 29.6 Å². The highest BCUT2D eigenvalue weighted by Crippen LogP contribution is 2.48. The lowest BCUT2D eigenvalue weighted by molar-refractivity contribution is 0.234. The van der Waals surface area contributed by atoms with E-state index in [1.54, 1.807) is 6.07 Å². The highest BCUT2D eigenvalue weighted by Gasteiger charge is 2.43. The molecule has 4 heteroatoms. The van der Waals surface area contributed by atoms with Crippen LogP contribution in [0.25, 0.3) is 0 Å². The number of hydrogen-bond acceptors (Lipinski definition) is 3. The van der Waals surface area contributed by atoms with Gasteiger partial charge in [-0.3, -0.25) is 0 Å². The van der Waals surface area contributed by atoms with Gasteiger partial charge in [-0.25, -0.2) is 4.39 Å². The number of nitrogens with zero attached hydrogens (tertiary/aromatic N) is 1. The van der Waals surface area contributed by atoms with Crippen molar-refractivity contribution in [1.29, 1.82) is 5.26 Å². The Kier molecular flexibility index (Phi) is 4.39. The Morgan fingerprint density at radius 3 is 2.89 bits per heavy atom. The fourth-order valence-electron chi connectivity index (χ4n) is 2.03. The van der Waals surface area contributed by atoms with E-state index in [0.29, 0.717) is 25.3 Å². The van der Waals surface area contributed by atoms with Crippen molar-refractivity contribution in [2.24, 2.45) is 5.41 Å². The molecule has 0 spiro atoms. The Labute approximate surface area is 113 Å². The van der Waals surface area contributed by atoms with Gasteiger partial charge in [-0.1, -0.05) is 6.92 Å². The Bertz CT molecular complexity index is 478. The molecule has 0 atom stereocenters. The molecule has 1 aromatic carbocycles. The average Bonchev–Trinajstić information content (AvgIpc) is 3.16. The summed E-state index contributed by atoms with van der Waals surface area (Å²) in [5, 5.41) is 12.0. The van der Waals surface area contributed by atoms with E-state index in [4.69, 9.17) is 10.00 Å². The predicted molar refractivity (Wildman–Crippen MR) is 71.2 cm³/mol. The second-order valence-corrected chi connectivity index (χ2v) is 5.16. The summed E-state index contributed by atoms with van der Waals surface area (Å²) in [6, 6.07) is 6.80. The molecule has 1 fully saturated rings. The van der Waals surface area contributed by atoms with Crippen LogP contribution in [-0.4, -0.2) is 13.2 Å². The van der Waals surface area contributed by atoms with Crippen molar-refractivity contribution in [2.45, 2.75) is 32.7 Å². The van der Waals surface area contributed by atoms with E-state index in [1.165, 1.54) is 12.1 Å².